The molecule has 0 aliphatic heterocycles. The maximum Gasteiger partial charge on any atom is 0.335 e. The smallest absolute Gasteiger partial charge is 0.335 e. The maximum absolute atomic E-state index is 13.9. The number of carbonyl (C=O) groups excluding carboxylic acids is 1. The number of halogens is 1. The minimum Gasteiger partial charge on any atom is -0.478 e. The molecule has 2 rings (SSSR count). The summed E-state index contributed by atoms with van der Waals surface area (Å²) in [6, 6.07) is 9.81. The fraction of sp³-hybridized carbons (Fsp3) is 0.263. The number of amides is 1. The Morgan fingerprint density at radius 2 is 1.79 bits per heavy atom. The molecule has 29 heavy (non-hydrogen) atoms. The van der Waals surface area contributed by atoms with Gasteiger partial charge in [-0.2, -0.15) is 16.5 Å². The predicted molar refractivity (Wildman–Crippen MR) is 109 cm³/mol. The van der Waals surface area contributed by atoms with Gasteiger partial charge in [-0.25, -0.2) is 17.6 Å². The van der Waals surface area contributed by atoms with Crippen LogP contribution < -0.4 is 10.0 Å². The summed E-state index contributed by atoms with van der Waals surface area (Å²) in [5.41, 5.74) is 0.777. The van der Waals surface area contributed by atoms with Crippen molar-refractivity contribution in [2.24, 2.45) is 0 Å². The van der Waals surface area contributed by atoms with Crippen LogP contribution in [0.2, 0.25) is 0 Å². The SMILES string of the molecule is CSCCC(NS(=O)(=O)c1ccccc1F)C(=O)NCc1ccc(C(=O)O)cc1. The first kappa shape index (κ1) is 22.9. The van der Waals surface area contributed by atoms with E-state index in [1.54, 1.807) is 12.1 Å². The van der Waals surface area contributed by atoms with Gasteiger partial charge in [-0.15, -0.1) is 0 Å². The van der Waals surface area contributed by atoms with Crippen molar-refractivity contribution in [3.63, 3.8) is 0 Å². The summed E-state index contributed by atoms with van der Waals surface area (Å²) < 4.78 is 41.2. The molecule has 0 radical (unpaired) electrons. The zero-order valence-corrected chi connectivity index (χ0v) is 17.2. The van der Waals surface area contributed by atoms with Crippen molar-refractivity contribution in [1.82, 2.24) is 10.0 Å². The number of carbonyl (C=O) groups is 2. The molecule has 0 heterocycles. The molecule has 0 aliphatic rings. The molecule has 10 heteroatoms. The summed E-state index contributed by atoms with van der Waals surface area (Å²) in [5.74, 6) is -1.99. The first-order valence-electron chi connectivity index (χ1n) is 8.60. The van der Waals surface area contributed by atoms with Gasteiger partial charge in [-0.1, -0.05) is 24.3 Å². The largest absolute Gasteiger partial charge is 0.478 e. The van der Waals surface area contributed by atoms with Crippen LogP contribution in [0, 0.1) is 5.82 Å². The van der Waals surface area contributed by atoms with Gasteiger partial charge < -0.3 is 10.4 Å². The van der Waals surface area contributed by atoms with Crippen molar-refractivity contribution in [1.29, 1.82) is 0 Å². The van der Waals surface area contributed by atoms with Gasteiger partial charge in [-0.3, -0.25) is 4.79 Å². The summed E-state index contributed by atoms with van der Waals surface area (Å²) in [5, 5.41) is 11.5. The van der Waals surface area contributed by atoms with Crippen LogP contribution in [0.25, 0.3) is 0 Å². The molecule has 2 aromatic rings. The molecule has 1 atom stereocenters. The van der Waals surface area contributed by atoms with E-state index >= 15 is 0 Å². The average Bonchev–Trinajstić information content (AvgIpc) is 2.69. The molecule has 1 amide bonds. The van der Waals surface area contributed by atoms with Crippen LogP contribution in [0.5, 0.6) is 0 Å². The summed E-state index contributed by atoms with van der Waals surface area (Å²) in [6.07, 6.45) is 2.04. The van der Waals surface area contributed by atoms with Crippen LogP contribution in [-0.4, -0.2) is 43.5 Å². The predicted octanol–water partition coefficient (Wildman–Crippen LogP) is 2.24. The summed E-state index contributed by atoms with van der Waals surface area (Å²) in [6.45, 7) is 0.0932. The van der Waals surface area contributed by atoms with E-state index in [1.165, 1.54) is 36.0 Å². The third-order valence-electron chi connectivity index (χ3n) is 4.02. The number of hydrogen-bond acceptors (Lipinski definition) is 5. The van der Waals surface area contributed by atoms with Gasteiger partial charge in [0.25, 0.3) is 0 Å². The number of carboxylic acid groups (broad SMARTS) is 1. The Labute approximate surface area is 172 Å². The van der Waals surface area contributed by atoms with E-state index in [-0.39, 0.29) is 18.5 Å². The van der Waals surface area contributed by atoms with Gasteiger partial charge in [0, 0.05) is 6.54 Å². The summed E-state index contributed by atoms with van der Waals surface area (Å²) in [7, 11) is -4.22. The topological polar surface area (TPSA) is 113 Å². The van der Waals surface area contributed by atoms with E-state index in [1.807, 2.05) is 6.26 Å². The van der Waals surface area contributed by atoms with E-state index in [4.69, 9.17) is 5.11 Å². The van der Waals surface area contributed by atoms with Crippen LogP contribution in [0.3, 0.4) is 0 Å². The van der Waals surface area contributed by atoms with Crippen LogP contribution >= 0.6 is 11.8 Å². The Balaban J connectivity index is 2.09. The normalized spacial score (nSPS) is 12.3. The molecule has 2 aromatic carbocycles. The van der Waals surface area contributed by atoms with Crippen molar-refractivity contribution >= 4 is 33.7 Å². The monoisotopic (exact) mass is 440 g/mol. The van der Waals surface area contributed by atoms with Gasteiger partial charge in [0.15, 0.2) is 0 Å². The Morgan fingerprint density at radius 3 is 2.38 bits per heavy atom. The van der Waals surface area contributed by atoms with Gasteiger partial charge in [-0.05, 0) is 48.3 Å². The number of aromatic carboxylic acids is 1. The highest BCUT2D eigenvalue weighted by Crippen LogP contribution is 2.15. The lowest BCUT2D eigenvalue weighted by Crippen LogP contribution is -2.46. The highest BCUT2D eigenvalue weighted by Gasteiger charge is 2.27. The van der Waals surface area contributed by atoms with Crippen molar-refractivity contribution in [3.05, 3.63) is 65.5 Å². The van der Waals surface area contributed by atoms with E-state index < -0.39 is 38.7 Å². The number of carboxylic acids is 1. The second kappa shape index (κ2) is 10.4. The average molecular weight is 441 g/mol. The number of sulfonamides is 1. The fourth-order valence-electron chi connectivity index (χ4n) is 2.47. The lowest BCUT2D eigenvalue weighted by atomic mass is 10.1. The number of benzene rings is 2. The second-order valence-electron chi connectivity index (χ2n) is 6.11. The zero-order chi connectivity index (χ0) is 21.4. The molecule has 0 bridgehead atoms. The minimum absolute atomic E-state index is 0.0932. The zero-order valence-electron chi connectivity index (χ0n) is 15.6. The molecular formula is C19H21FN2O5S2. The maximum atomic E-state index is 13.9. The molecule has 3 N–H and O–H groups in total. The van der Waals surface area contributed by atoms with Crippen LogP contribution in [0.4, 0.5) is 4.39 Å². The van der Waals surface area contributed by atoms with Gasteiger partial charge >= 0.3 is 5.97 Å². The number of thioether (sulfide) groups is 1. The standard InChI is InChI=1S/C19H21FN2O5S2/c1-28-11-10-16(22-29(26,27)17-5-3-2-4-15(17)20)18(23)21-12-13-6-8-14(9-7-13)19(24)25/h2-9,16,22H,10-12H2,1H3,(H,21,23)(H,24,25). The number of nitrogens with one attached hydrogen (secondary N) is 2. The molecule has 0 spiro atoms. The Bertz CT molecular complexity index is 965. The Hall–Kier alpha value is -2.43. The summed E-state index contributed by atoms with van der Waals surface area (Å²) >= 11 is 1.45. The van der Waals surface area contributed by atoms with E-state index in [0.717, 1.165) is 12.1 Å². The molecule has 0 aromatic heterocycles. The summed E-state index contributed by atoms with van der Waals surface area (Å²) in [4.78, 5) is 22.9. The van der Waals surface area contributed by atoms with Crippen molar-refractivity contribution < 1.29 is 27.5 Å². The van der Waals surface area contributed by atoms with Gasteiger partial charge in [0.1, 0.15) is 16.8 Å². The van der Waals surface area contributed by atoms with Crippen molar-refractivity contribution in [3.8, 4) is 0 Å². The highest BCUT2D eigenvalue weighted by atomic mass is 32.2. The Morgan fingerprint density at radius 1 is 1.14 bits per heavy atom. The van der Waals surface area contributed by atoms with Crippen LogP contribution in [0.15, 0.2) is 53.4 Å². The third kappa shape index (κ3) is 6.55. The van der Waals surface area contributed by atoms with Crippen molar-refractivity contribution in [2.45, 2.75) is 23.9 Å². The highest BCUT2D eigenvalue weighted by molar-refractivity contribution is 7.98. The molecule has 0 aliphatic carbocycles. The van der Waals surface area contributed by atoms with Crippen LogP contribution in [0.1, 0.15) is 22.3 Å². The quantitative estimate of drug-likeness (QED) is 0.522. The van der Waals surface area contributed by atoms with Crippen LogP contribution in [-0.2, 0) is 21.4 Å². The molecule has 0 saturated heterocycles. The lowest BCUT2D eigenvalue weighted by molar-refractivity contribution is -0.122. The molecule has 0 saturated carbocycles. The third-order valence-corrected chi connectivity index (χ3v) is 6.17. The lowest BCUT2D eigenvalue weighted by Gasteiger charge is -2.18. The molecule has 156 valence electrons. The number of hydrogen-bond donors (Lipinski definition) is 3. The fourth-order valence-corrected chi connectivity index (χ4v) is 4.25. The second-order valence-corrected chi connectivity index (χ2v) is 8.77. The number of rotatable bonds is 10. The first-order chi connectivity index (χ1) is 13.7. The van der Waals surface area contributed by atoms with Crippen molar-refractivity contribution in [2.75, 3.05) is 12.0 Å². The molecular weight excluding hydrogens is 419 g/mol. The van der Waals surface area contributed by atoms with Gasteiger partial charge in [0.2, 0.25) is 15.9 Å². The molecule has 7 nitrogen and oxygen atoms in total. The van der Waals surface area contributed by atoms with E-state index in [9.17, 15) is 22.4 Å². The van der Waals surface area contributed by atoms with E-state index in [2.05, 4.69) is 10.0 Å². The first-order valence-corrected chi connectivity index (χ1v) is 11.5. The van der Waals surface area contributed by atoms with E-state index in [0.29, 0.717) is 11.3 Å². The van der Waals surface area contributed by atoms with Gasteiger partial charge in [0.05, 0.1) is 5.56 Å². The minimum atomic E-state index is -4.22. The Kier molecular flexibility index (Phi) is 8.18. The molecule has 0 fully saturated rings. The molecule has 1 unspecified atom stereocenters.